The third-order valence-corrected chi connectivity index (χ3v) is 6.70. The summed E-state index contributed by atoms with van der Waals surface area (Å²) in [7, 11) is 0. The fourth-order valence-electron chi connectivity index (χ4n) is 4.41. The Morgan fingerprint density at radius 3 is 2.42 bits per heavy atom. The first kappa shape index (κ1) is 32.7. The molecule has 3 aromatic rings. The molecular formula is C33H34N4O7S. The number of carbonyl (C=O) groups excluding carboxylic acids is 3. The topological polar surface area (TPSA) is 137 Å². The summed E-state index contributed by atoms with van der Waals surface area (Å²) in [6, 6.07) is 20.7. The summed E-state index contributed by atoms with van der Waals surface area (Å²) >= 11 is 5.31. The largest absolute Gasteiger partial charge is 0.489 e. The molecule has 3 N–H and O–H groups in total. The second kappa shape index (κ2) is 16.0. The second-order valence-electron chi connectivity index (χ2n) is 9.69. The van der Waals surface area contributed by atoms with Gasteiger partial charge in [-0.15, -0.1) is 0 Å². The van der Waals surface area contributed by atoms with Crippen LogP contribution < -0.4 is 25.5 Å². The number of hydrazone groups is 1. The van der Waals surface area contributed by atoms with Crippen LogP contribution in [-0.2, 0) is 25.7 Å². The highest BCUT2D eigenvalue weighted by Gasteiger charge is 2.32. The van der Waals surface area contributed by atoms with Gasteiger partial charge in [-0.25, -0.2) is 15.0 Å². The van der Waals surface area contributed by atoms with E-state index in [2.05, 4.69) is 21.2 Å². The van der Waals surface area contributed by atoms with Gasteiger partial charge in [0, 0.05) is 11.3 Å². The van der Waals surface area contributed by atoms with Crippen LogP contribution in [0.25, 0.3) is 0 Å². The Morgan fingerprint density at radius 2 is 1.67 bits per heavy atom. The van der Waals surface area contributed by atoms with Crippen LogP contribution in [0.1, 0.15) is 53.9 Å². The lowest BCUT2D eigenvalue weighted by Crippen LogP contribution is -2.45. The Bertz CT molecular complexity index is 1600. The first-order valence-corrected chi connectivity index (χ1v) is 14.7. The van der Waals surface area contributed by atoms with Gasteiger partial charge in [0.05, 0.1) is 36.6 Å². The van der Waals surface area contributed by atoms with Crippen molar-refractivity contribution in [2.45, 2.75) is 33.4 Å². The summed E-state index contributed by atoms with van der Waals surface area (Å²) in [6.07, 6.45) is 1.49. The number of benzene rings is 3. The highest BCUT2D eigenvalue weighted by Crippen LogP contribution is 2.33. The Hall–Kier alpha value is -5.23. The molecule has 1 heterocycles. The van der Waals surface area contributed by atoms with Crippen LogP contribution in [0.15, 0.2) is 89.2 Å². The number of rotatable bonds is 13. The molecule has 1 aliphatic heterocycles. The monoisotopic (exact) mass is 630 g/mol. The zero-order valence-corrected chi connectivity index (χ0v) is 25.9. The third kappa shape index (κ3) is 9.13. The van der Waals surface area contributed by atoms with E-state index in [-0.39, 0.29) is 19.2 Å². The molecule has 1 amide bonds. The molecular weight excluding hydrogens is 596 g/mol. The van der Waals surface area contributed by atoms with Crippen molar-refractivity contribution in [2.24, 2.45) is 5.10 Å². The average molecular weight is 631 g/mol. The van der Waals surface area contributed by atoms with Crippen LogP contribution in [0, 0.1) is 0 Å². The second-order valence-corrected chi connectivity index (χ2v) is 10.1. The molecule has 3 aromatic carbocycles. The number of esters is 2. The van der Waals surface area contributed by atoms with Crippen molar-refractivity contribution in [2.75, 3.05) is 19.8 Å². The van der Waals surface area contributed by atoms with Crippen molar-refractivity contribution in [3.63, 3.8) is 0 Å². The van der Waals surface area contributed by atoms with E-state index in [4.69, 9.17) is 31.2 Å². The predicted octanol–water partition coefficient (Wildman–Crippen LogP) is 4.33. The smallest absolute Gasteiger partial charge is 0.338 e. The number of carbonyl (C=O) groups is 3. The molecule has 0 aliphatic carbocycles. The molecule has 0 saturated carbocycles. The summed E-state index contributed by atoms with van der Waals surface area (Å²) in [5.74, 6) is -0.322. The van der Waals surface area contributed by atoms with E-state index >= 15 is 0 Å². The molecule has 0 saturated heterocycles. The highest BCUT2D eigenvalue weighted by atomic mass is 32.1. The number of nitrogens with one attached hydrogen (secondary N) is 3. The number of hydrogen-bond donors (Lipinski definition) is 3. The summed E-state index contributed by atoms with van der Waals surface area (Å²) < 4.78 is 22.0. The molecule has 0 unspecified atom stereocenters. The summed E-state index contributed by atoms with van der Waals surface area (Å²) in [5, 5.41) is 10.4. The van der Waals surface area contributed by atoms with Crippen molar-refractivity contribution in [1.82, 2.24) is 16.1 Å². The van der Waals surface area contributed by atoms with Crippen molar-refractivity contribution in [1.29, 1.82) is 0 Å². The Morgan fingerprint density at radius 1 is 0.933 bits per heavy atom. The average Bonchev–Trinajstić information content (AvgIpc) is 3.03. The van der Waals surface area contributed by atoms with Crippen molar-refractivity contribution in [3.8, 4) is 11.5 Å². The van der Waals surface area contributed by atoms with Gasteiger partial charge in [0.1, 0.15) is 18.1 Å². The third-order valence-electron chi connectivity index (χ3n) is 6.48. The lowest BCUT2D eigenvalue weighted by Gasteiger charge is -2.30. The number of allylic oxidation sites excluding steroid dienone is 1. The normalized spacial score (nSPS) is 14.3. The maximum Gasteiger partial charge on any atom is 0.338 e. The minimum Gasteiger partial charge on any atom is -0.489 e. The van der Waals surface area contributed by atoms with Gasteiger partial charge in [0.25, 0.3) is 5.91 Å². The molecule has 234 valence electrons. The summed E-state index contributed by atoms with van der Waals surface area (Å²) in [5.41, 5.74) is 6.09. The maximum atomic E-state index is 12.7. The number of nitrogens with zero attached hydrogens (tertiary/aromatic N) is 1. The predicted molar refractivity (Wildman–Crippen MR) is 172 cm³/mol. The van der Waals surface area contributed by atoms with E-state index in [1.54, 1.807) is 63.2 Å². The summed E-state index contributed by atoms with van der Waals surface area (Å²) in [4.78, 5) is 37.1. The van der Waals surface area contributed by atoms with Gasteiger partial charge >= 0.3 is 11.9 Å². The van der Waals surface area contributed by atoms with E-state index in [0.717, 1.165) is 5.56 Å². The fourth-order valence-corrected chi connectivity index (χ4v) is 4.69. The van der Waals surface area contributed by atoms with Crippen LogP contribution in [0.4, 0.5) is 0 Å². The minimum absolute atomic E-state index is 0.219. The molecule has 0 fully saturated rings. The van der Waals surface area contributed by atoms with E-state index in [1.165, 1.54) is 6.21 Å². The van der Waals surface area contributed by atoms with E-state index in [0.29, 0.717) is 57.8 Å². The van der Waals surface area contributed by atoms with Crippen LogP contribution in [0.2, 0.25) is 0 Å². The molecule has 11 nitrogen and oxygen atoms in total. The first-order valence-electron chi connectivity index (χ1n) is 14.3. The number of amides is 1. The lowest BCUT2D eigenvalue weighted by atomic mass is 9.95. The molecule has 0 aromatic heterocycles. The molecule has 0 radical (unpaired) electrons. The quantitative estimate of drug-likeness (QED) is 0.108. The SMILES string of the molecule is CCOC(=O)C1=C(C)NC(=S)N[C@H]1c1ccccc1OCC(=O)NN=Cc1cccc(OCc2ccc(C(=O)OCC)cc2)c1. The molecule has 1 atom stereocenters. The molecule has 4 rings (SSSR count). The van der Waals surface area contributed by atoms with Crippen LogP contribution in [-0.4, -0.2) is 49.0 Å². The number of para-hydroxylation sites is 1. The number of thiocarbonyl (C=S) groups is 1. The van der Waals surface area contributed by atoms with Crippen molar-refractivity contribution < 1.29 is 33.3 Å². The van der Waals surface area contributed by atoms with Gasteiger partial charge in [-0.2, -0.15) is 5.10 Å². The van der Waals surface area contributed by atoms with Crippen molar-refractivity contribution >= 4 is 41.4 Å². The Kier molecular flexibility index (Phi) is 11.6. The van der Waals surface area contributed by atoms with Crippen molar-refractivity contribution in [3.05, 3.63) is 106 Å². The maximum absolute atomic E-state index is 12.7. The molecule has 45 heavy (non-hydrogen) atoms. The molecule has 12 heteroatoms. The van der Waals surface area contributed by atoms with Gasteiger partial charge in [-0.1, -0.05) is 42.5 Å². The van der Waals surface area contributed by atoms with E-state index in [1.807, 2.05) is 30.3 Å². The van der Waals surface area contributed by atoms with Crippen LogP contribution in [0.5, 0.6) is 11.5 Å². The lowest BCUT2D eigenvalue weighted by molar-refractivity contribution is -0.139. The first-order chi connectivity index (χ1) is 21.8. The van der Waals surface area contributed by atoms with Gasteiger partial charge < -0.3 is 29.6 Å². The molecule has 0 bridgehead atoms. The highest BCUT2D eigenvalue weighted by molar-refractivity contribution is 7.80. The summed E-state index contributed by atoms with van der Waals surface area (Å²) in [6.45, 7) is 5.76. The van der Waals surface area contributed by atoms with E-state index in [9.17, 15) is 14.4 Å². The van der Waals surface area contributed by atoms with Crippen LogP contribution >= 0.6 is 12.2 Å². The zero-order chi connectivity index (χ0) is 32.2. The standard InChI is InChI=1S/C33H34N4O7S/c1-4-41-31(39)24-15-13-22(14-16-24)19-43-25-10-8-9-23(17-25)18-34-37-28(38)20-44-27-12-7-6-11-26(27)30-29(32(40)42-5-2)21(3)35-33(45)36-30/h6-18,30H,4-5,19-20H2,1-3H3,(H,37,38)(H2,35,36,45)/t30-/m0/s1. The minimum atomic E-state index is -0.631. The zero-order valence-electron chi connectivity index (χ0n) is 25.1. The van der Waals surface area contributed by atoms with Gasteiger partial charge in [-0.05, 0) is 74.4 Å². The van der Waals surface area contributed by atoms with Gasteiger partial charge in [-0.3, -0.25) is 4.79 Å². The van der Waals surface area contributed by atoms with Gasteiger partial charge in [0.2, 0.25) is 0 Å². The Balaban J connectivity index is 1.32. The molecule has 1 aliphatic rings. The Labute approximate surface area is 266 Å². The fraction of sp³-hybridized carbons (Fsp3) is 0.242. The van der Waals surface area contributed by atoms with Gasteiger partial charge in [0.15, 0.2) is 11.7 Å². The van der Waals surface area contributed by atoms with E-state index < -0.39 is 17.9 Å². The van der Waals surface area contributed by atoms with Crippen LogP contribution in [0.3, 0.4) is 0 Å². The molecule has 0 spiro atoms. The number of hydrogen-bond acceptors (Lipinski definition) is 9. The number of ether oxygens (including phenoxy) is 4.